The molecular formula is C21H34O10. The van der Waals surface area contributed by atoms with E-state index in [2.05, 4.69) is 0 Å². The lowest BCUT2D eigenvalue weighted by molar-refractivity contribution is -0.231. The average Bonchev–Trinajstić information content (AvgIpc) is 3.52. The molecule has 0 spiro atoms. The highest BCUT2D eigenvalue weighted by molar-refractivity contribution is 5.75. The zero-order valence-electron chi connectivity index (χ0n) is 17.9. The number of carbonyl (C=O) groups excluding carboxylic acids is 2. The van der Waals surface area contributed by atoms with Crippen LogP contribution >= 0.6 is 0 Å². The Morgan fingerprint density at radius 3 is 1.61 bits per heavy atom. The quantitative estimate of drug-likeness (QED) is 0.322. The van der Waals surface area contributed by atoms with E-state index in [0.717, 1.165) is 38.5 Å². The van der Waals surface area contributed by atoms with E-state index in [-0.39, 0.29) is 38.1 Å². The van der Waals surface area contributed by atoms with Gasteiger partial charge >= 0.3 is 11.9 Å². The van der Waals surface area contributed by atoms with Crippen LogP contribution in [0.2, 0.25) is 0 Å². The Morgan fingerprint density at radius 1 is 0.806 bits per heavy atom. The normalized spacial score (nSPS) is 28.9. The summed E-state index contributed by atoms with van der Waals surface area (Å²) < 4.78 is 32.0. The van der Waals surface area contributed by atoms with Crippen molar-refractivity contribution in [2.24, 2.45) is 0 Å². The van der Waals surface area contributed by atoms with Gasteiger partial charge in [-0.05, 0) is 38.5 Å². The van der Waals surface area contributed by atoms with Crippen molar-refractivity contribution in [2.45, 2.75) is 81.6 Å². The summed E-state index contributed by atoms with van der Waals surface area (Å²) in [7, 11) is 0. The fourth-order valence-electron chi connectivity index (χ4n) is 3.89. The molecule has 2 N–H and O–H groups in total. The molecule has 3 saturated heterocycles. The third-order valence-corrected chi connectivity index (χ3v) is 5.73. The van der Waals surface area contributed by atoms with E-state index in [1.807, 2.05) is 0 Å². The van der Waals surface area contributed by atoms with Crippen molar-refractivity contribution in [3.05, 3.63) is 0 Å². The van der Waals surface area contributed by atoms with Gasteiger partial charge in [0, 0.05) is 19.8 Å². The first-order valence-corrected chi connectivity index (χ1v) is 11.1. The maximum absolute atomic E-state index is 12.3. The number of aliphatic hydroxyl groups excluding tert-OH is 1. The van der Waals surface area contributed by atoms with Gasteiger partial charge in [-0.3, -0.25) is 9.59 Å². The predicted octanol–water partition coefficient (Wildman–Crippen LogP) is 0.456. The molecule has 0 aromatic carbocycles. The lowest BCUT2D eigenvalue weighted by Crippen LogP contribution is -2.49. The molecular weight excluding hydrogens is 412 g/mol. The Morgan fingerprint density at radius 2 is 1.23 bits per heavy atom. The molecule has 0 aromatic heterocycles. The van der Waals surface area contributed by atoms with Gasteiger partial charge in [0.1, 0.15) is 18.8 Å². The van der Waals surface area contributed by atoms with Gasteiger partial charge in [0.15, 0.2) is 6.29 Å². The van der Waals surface area contributed by atoms with Crippen LogP contribution in [0.4, 0.5) is 0 Å². The first kappa shape index (κ1) is 24.3. The second-order valence-electron chi connectivity index (χ2n) is 8.41. The summed E-state index contributed by atoms with van der Waals surface area (Å²) in [5.74, 6) is -1.52. The Hall–Kier alpha value is -1.30. The average molecular weight is 446 g/mol. The third kappa shape index (κ3) is 7.96. The maximum Gasteiger partial charge on any atom is 0.309 e. The van der Waals surface area contributed by atoms with E-state index < -0.39 is 36.7 Å². The minimum Gasteiger partial charge on any atom is -0.463 e. The highest BCUT2D eigenvalue weighted by atomic mass is 16.6. The molecule has 0 radical (unpaired) electrons. The zero-order valence-corrected chi connectivity index (χ0v) is 17.9. The number of hydrogen-bond acceptors (Lipinski definition) is 10. The summed E-state index contributed by atoms with van der Waals surface area (Å²) in [6, 6.07) is 0. The first-order valence-electron chi connectivity index (χ1n) is 11.1. The molecule has 3 heterocycles. The van der Waals surface area contributed by atoms with Crippen molar-refractivity contribution < 1.29 is 48.2 Å². The summed E-state index contributed by atoms with van der Waals surface area (Å²) in [4.78, 5) is 24.7. The molecule has 0 saturated carbocycles. The van der Waals surface area contributed by atoms with E-state index >= 15 is 0 Å². The van der Waals surface area contributed by atoms with Gasteiger partial charge in [0.2, 0.25) is 0 Å². The third-order valence-electron chi connectivity index (χ3n) is 5.73. The first-order chi connectivity index (χ1) is 14.9. The molecule has 0 aromatic rings. The van der Waals surface area contributed by atoms with Gasteiger partial charge in [-0.2, -0.15) is 0 Å². The highest BCUT2D eigenvalue weighted by Gasteiger charge is 2.43. The molecule has 0 amide bonds. The second-order valence-corrected chi connectivity index (χ2v) is 8.41. The van der Waals surface area contributed by atoms with E-state index in [4.69, 9.17) is 28.4 Å². The molecule has 0 aliphatic carbocycles. The Labute approximate surface area is 182 Å². The molecule has 3 aliphatic rings. The molecule has 31 heavy (non-hydrogen) atoms. The van der Waals surface area contributed by atoms with Crippen LogP contribution in [0, 0.1) is 0 Å². The van der Waals surface area contributed by atoms with Gasteiger partial charge in [0.05, 0.1) is 37.8 Å². The molecule has 0 bridgehead atoms. The SMILES string of the molecule is O=C(CC(O)(CC(=O)OCC1CCCO1)C(O)OCC1CCCO1)OCC1CCCO1. The summed E-state index contributed by atoms with van der Waals surface area (Å²) in [5, 5.41) is 21.5. The van der Waals surface area contributed by atoms with Gasteiger partial charge < -0.3 is 38.6 Å². The molecule has 4 atom stereocenters. The van der Waals surface area contributed by atoms with Crippen LogP contribution in [-0.2, 0) is 38.0 Å². The molecule has 3 aliphatic heterocycles. The maximum atomic E-state index is 12.3. The number of aliphatic hydroxyl groups is 2. The fourth-order valence-corrected chi connectivity index (χ4v) is 3.89. The van der Waals surface area contributed by atoms with Crippen LogP contribution in [0.15, 0.2) is 0 Å². The largest absolute Gasteiger partial charge is 0.463 e. The van der Waals surface area contributed by atoms with Crippen LogP contribution in [0.1, 0.15) is 51.4 Å². The topological polar surface area (TPSA) is 130 Å². The molecule has 3 rings (SSSR count). The minimum absolute atomic E-state index is 0.0411. The van der Waals surface area contributed by atoms with Crippen molar-refractivity contribution in [3.63, 3.8) is 0 Å². The van der Waals surface area contributed by atoms with E-state index in [1.54, 1.807) is 0 Å². The minimum atomic E-state index is -2.19. The van der Waals surface area contributed by atoms with Crippen molar-refractivity contribution in [1.82, 2.24) is 0 Å². The monoisotopic (exact) mass is 446 g/mol. The number of carbonyl (C=O) groups is 2. The summed E-state index contributed by atoms with van der Waals surface area (Å²) in [5.41, 5.74) is -2.19. The summed E-state index contributed by atoms with van der Waals surface area (Å²) >= 11 is 0. The van der Waals surface area contributed by atoms with Gasteiger partial charge in [-0.1, -0.05) is 0 Å². The van der Waals surface area contributed by atoms with Crippen LogP contribution in [-0.4, -0.2) is 92.0 Å². The van der Waals surface area contributed by atoms with Crippen LogP contribution in [0.5, 0.6) is 0 Å². The van der Waals surface area contributed by atoms with Gasteiger partial charge in [0.25, 0.3) is 0 Å². The second kappa shape index (κ2) is 12.1. The molecule has 3 fully saturated rings. The molecule has 10 nitrogen and oxygen atoms in total. The summed E-state index contributed by atoms with van der Waals surface area (Å²) in [6.07, 6.45) is 1.47. The molecule has 10 heteroatoms. The Bertz CT molecular complexity index is 531. The number of ether oxygens (including phenoxy) is 6. The molecule has 178 valence electrons. The number of rotatable bonds is 12. The Balaban J connectivity index is 1.52. The number of esters is 2. The standard InChI is InChI=1S/C21H34O10/c22-18(29-12-15-4-1-7-26-15)10-21(25,20(24)31-14-17-6-3-9-28-17)11-19(23)30-13-16-5-2-8-27-16/h15-17,20,24-25H,1-14H2. The van der Waals surface area contributed by atoms with Crippen LogP contribution < -0.4 is 0 Å². The van der Waals surface area contributed by atoms with Crippen molar-refractivity contribution in [1.29, 1.82) is 0 Å². The number of hydrogen-bond donors (Lipinski definition) is 2. The predicted molar refractivity (Wildman–Crippen MR) is 105 cm³/mol. The van der Waals surface area contributed by atoms with Crippen molar-refractivity contribution in [2.75, 3.05) is 39.6 Å². The van der Waals surface area contributed by atoms with E-state index in [9.17, 15) is 19.8 Å². The van der Waals surface area contributed by atoms with Crippen molar-refractivity contribution >= 4 is 11.9 Å². The van der Waals surface area contributed by atoms with Crippen LogP contribution in [0.25, 0.3) is 0 Å². The van der Waals surface area contributed by atoms with Gasteiger partial charge in [-0.25, -0.2) is 0 Å². The summed E-state index contributed by atoms with van der Waals surface area (Å²) in [6.45, 7) is 2.02. The highest BCUT2D eigenvalue weighted by Crippen LogP contribution is 2.25. The van der Waals surface area contributed by atoms with Gasteiger partial charge in [-0.15, -0.1) is 0 Å². The smallest absolute Gasteiger partial charge is 0.309 e. The molecule has 4 unspecified atom stereocenters. The fraction of sp³-hybridized carbons (Fsp3) is 0.905. The lowest BCUT2D eigenvalue weighted by Gasteiger charge is -2.31. The van der Waals surface area contributed by atoms with Crippen LogP contribution in [0.3, 0.4) is 0 Å². The van der Waals surface area contributed by atoms with Crippen molar-refractivity contribution in [3.8, 4) is 0 Å². The zero-order chi connectivity index (χ0) is 22.1. The van der Waals surface area contributed by atoms with E-state index in [1.165, 1.54) is 0 Å². The lowest BCUT2D eigenvalue weighted by atomic mass is 9.94. The Kier molecular flexibility index (Phi) is 9.48. The van der Waals surface area contributed by atoms with E-state index in [0.29, 0.717) is 19.8 Å².